The second-order valence-corrected chi connectivity index (χ2v) is 7.18. The fourth-order valence-corrected chi connectivity index (χ4v) is 3.09. The van der Waals surface area contributed by atoms with Gasteiger partial charge in [-0.15, -0.1) is 11.6 Å². The van der Waals surface area contributed by atoms with Crippen molar-refractivity contribution in [1.82, 2.24) is 5.48 Å². The number of alkyl halides is 1. The number of rotatable bonds is 8. The summed E-state index contributed by atoms with van der Waals surface area (Å²) < 4.78 is 5.39. The van der Waals surface area contributed by atoms with E-state index in [0.29, 0.717) is 18.1 Å². The summed E-state index contributed by atoms with van der Waals surface area (Å²) in [5, 5.41) is 0. The average molecular weight is 426 g/mol. The Kier molecular flexibility index (Phi) is 8.39. The smallest absolute Gasteiger partial charge is 0.267 e. The minimum absolute atomic E-state index is 0.0791. The van der Waals surface area contributed by atoms with Gasteiger partial charge >= 0.3 is 0 Å². The van der Waals surface area contributed by atoms with Gasteiger partial charge in [-0.2, -0.15) is 0 Å². The topological polar surface area (TPSA) is 64.6 Å². The van der Waals surface area contributed by atoms with E-state index in [4.69, 9.17) is 21.2 Å². The molecule has 2 aromatic rings. The molecule has 1 heterocycles. The summed E-state index contributed by atoms with van der Waals surface area (Å²) in [4.78, 5) is 29.4. The highest BCUT2D eigenvalue weighted by Gasteiger charge is 2.14. The van der Waals surface area contributed by atoms with Crippen LogP contribution in [0.2, 0.25) is 0 Å². The molecule has 0 saturated carbocycles. The van der Waals surface area contributed by atoms with Gasteiger partial charge in [0, 0.05) is 30.5 Å². The lowest BCUT2D eigenvalue weighted by Gasteiger charge is -2.21. The van der Waals surface area contributed by atoms with Gasteiger partial charge < -0.3 is 4.74 Å². The predicted molar refractivity (Wildman–Crippen MR) is 118 cm³/mol. The van der Waals surface area contributed by atoms with Crippen LogP contribution in [-0.4, -0.2) is 24.6 Å². The largest absolute Gasteiger partial charge is 0.350 e. The maximum atomic E-state index is 12.3. The van der Waals surface area contributed by atoms with Gasteiger partial charge in [0.1, 0.15) is 0 Å². The fraction of sp³-hybridized carbons (Fsp3) is 0.250. The zero-order valence-electron chi connectivity index (χ0n) is 16.6. The van der Waals surface area contributed by atoms with E-state index in [0.717, 1.165) is 36.0 Å². The number of hydrogen-bond donors (Lipinski definition) is 1. The molecule has 6 heteroatoms. The van der Waals surface area contributed by atoms with Crippen molar-refractivity contribution in [3.8, 4) is 0 Å². The summed E-state index contributed by atoms with van der Waals surface area (Å²) in [5.41, 5.74) is 5.64. The van der Waals surface area contributed by atoms with Crippen LogP contribution in [0, 0.1) is 0 Å². The van der Waals surface area contributed by atoms with Crippen LogP contribution >= 0.6 is 11.6 Å². The second-order valence-electron chi connectivity index (χ2n) is 6.91. The Morgan fingerprint density at radius 3 is 2.47 bits per heavy atom. The highest BCUT2D eigenvalue weighted by Crippen LogP contribution is 2.13. The summed E-state index contributed by atoms with van der Waals surface area (Å²) in [6.45, 7) is 0.655. The fourth-order valence-electron chi connectivity index (χ4n) is 2.93. The average Bonchev–Trinajstić information content (AvgIpc) is 2.81. The van der Waals surface area contributed by atoms with Crippen molar-refractivity contribution in [2.45, 2.75) is 31.4 Å². The van der Waals surface area contributed by atoms with E-state index >= 15 is 0 Å². The Morgan fingerprint density at radius 1 is 1.07 bits per heavy atom. The van der Waals surface area contributed by atoms with E-state index in [9.17, 15) is 9.59 Å². The van der Waals surface area contributed by atoms with E-state index < -0.39 is 0 Å². The molecule has 2 aromatic carbocycles. The standard InChI is InChI=1S/C24H24ClNO4/c25-17-20-4-3-5-21(16-20)22(27)13-11-18-7-9-19(10-8-18)12-14-23(28)26-30-24-6-1-2-15-29-24/h3-5,7-14,16,24H,1-2,6,15,17H2,(H,26,28). The SMILES string of the molecule is O=C(C=Cc1ccc(C=CC(=O)c2cccc(CCl)c2)cc1)NOC1CCCCO1. The summed E-state index contributed by atoms with van der Waals surface area (Å²) in [7, 11) is 0. The van der Waals surface area contributed by atoms with Crippen molar-refractivity contribution in [2.24, 2.45) is 0 Å². The van der Waals surface area contributed by atoms with E-state index in [1.807, 2.05) is 36.4 Å². The van der Waals surface area contributed by atoms with Gasteiger partial charge in [0.05, 0.1) is 0 Å². The Morgan fingerprint density at radius 2 is 1.80 bits per heavy atom. The molecule has 1 amide bonds. The molecule has 1 atom stereocenters. The van der Waals surface area contributed by atoms with Gasteiger partial charge in [0.2, 0.25) is 0 Å². The molecule has 30 heavy (non-hydrogen) atoms. The molecular weight excluding hydrogens is 402 g/mol. The molecule has 1 fully saturated rings. The molecule has 5 nitrogen and oxygen atoms in total. The molecular formula is C24H24ClNO4. The predicted octanol–water partition coefficient (Wildman–Crippen LogP) is 4.91. The first-order valence-corrected chi connectivity index (χ1v) is 10.4. The van der Waals surface area contributed by atoms with Crippen molar-refractivity contribution in [2.75, 3.05) is 6.61 Å². The van der Waals surface area contributed by atoms with Crippen LogP contribution in [0.5, 0.6) is 0 Å². The third-order valence-corrected chi connectivity index (χ3v) is 4.89. The lowest BCUT2D eigenvalue weighted by atomic mass is 10.1. The number of nitrogens with one attached hydrogen (secondary N) is 1. The van der Waals surface area contributed by atoms with Crippen LogP contribution in [0.4, 0.5) is 0 Å². The third kappa shape index (κ3) is 6.95. The van der Waals surface area contributed by atoms with Crippen LogP contribution in [0.3, 0.4) is 0 Å². The van der Waals surface area contributed by atoms with Crippen molar-refractivity contribution >= 4 is 35.4 Å². The van der Waals surface area contributed by atoms with Crippen molar-refractivity contribution < 1.29 is 19.2 Å². The van der Waals surface area contributed by atoms with Crippen LogP contribution in [0.15, 0.2) is 60.7 Å². The Hall–Kier alpha value is -2.73. The summed E-state index contributed by atoms with van der Waals surface area (Å²) in [6.07, 6.45) is 8.85. The normalized spacial score (nSPS) is 16.8. The first kappa shape index (κ1) is 22.0. The van der Waals surface area contributed by atoms with E-state index in [1.165, 1.54) is 12.2 Å². The zero-order chi connectivity index (χ0) is 21.2. The van der Waals surface area contributed by atoms with Crippen LogP contribution < -0.4 is 5.48 Å². The lowest BCUT2D eigenvalue weighted by molar-refractivity contribution is -0.198. The van der Waals surface area contributed by atoms with Crippen molar-refractivity contribution in [1.29, 1.82) is 0 Å². The lowest BCUT2D eigenvalue weighted by Crippen LogP contribution is -2.32. The first-order chi connectivity index (χ1) is 14.6. The van der Waals surface area contributed by atoms with Crippen LogP contribution in [0.1, 0.15) is 46.3 Å². The molecule has 1 unspecified atom stereocenters. The quantitative estimate of drug-likeness (QED) is 0.282. The van der Waals surface area contributed by atoms with Crippen LogP contribution in [-0.2, 0) is 20.2 Å². The number of halogens is 1. The minimum atomic E-state index is -0.373. The zero-order valence-corrected chi connectivity index (χ0v) is 17.3. The second kappa shape index (κ2) is 11.5. The molecule has 156 valence electrons. The Balaban J connectivity index is 1.50. The molecule has 1 aliphatic heterocycles. The number of amides is 1. The van der Waals surface area contributed by atoms with Gasteiger partial charge in [-0.3, -0.25) is 9.59 Å². The number of hydrogen-bond acceptors (Lipinski definition) is 4. The van der Waals surface area contributed by atoms with Crippen LogP contribution in [0.25, 0.3) is 12.2 Å². The van der Waals surface area contributed by atoms with Gasteiger partial charge in [-0.1, -0.05) is 48.5 Å². The molecule has 0 aromatic heterocycles. The Labute approximate surface area is 181 Å². The van der Waals surface area contributed by atoms with E-state index in [1.54, 1.807) is 24.3 Å². The number of carbonyl (C=O) groups excluding carboxylic acids is 2. The number of carbonyl (C=O) groups is 2. The number of allylic oxidation sites excluding steroid dienone is 1. The highest BCUT2D eigenvalue weighted by molar-refractivity contribution is 6.17. The van der Waals surface area contributed by atoms with Gasteiger partial charge in [-0.25, -0.2) is 10.3 Å². The number of ether oxygens (including phenoxy) is 1. The molecule has 0 radical (unpaired) electrons. The summed E-state index contributed by atoms with van der Waals surface area (Å²) >= 11 is 5.82. The summed E-state index contributed by atoms with van der Waals surface area (Å²) in [6, 6.07) is 14.8. The molecule has 0 spiro atoms. The maximum Gasteiger partial charge on any atom is 0.267 e. The van der Waals surface area contributed by atoms with Gasteiger partial charge in [-0.05, 0) is 47.8 Å². The molecule has 1 saturated heterocycles. The third-order valence-electron chi connectivity index (χ3n) is 4.59. The van der Waals surface area contributed by atoms with Gasteiger partial charge in [0.15, 0.2) is 12.1 Å². The first-order valence-electron chi connectivity index (χ1n) is 9.87. The monoisotopic (exact) mass is 425 g/mol. The van der Waals surface area contributed by atoms with E-state index in [2.05, 4.69) is 5.48 Å². The molecule has 1 N–H and O–H groups in total. The van der Waals surface area contributed by atoms with Gasteiger partial charge in [0.25, 0.3) is 5.91 Å². The molecule has 0 bridgehead atoms. The van der Waals surface area contributed by atoms with Crippen molar-refractivity contribution in [3.63, 3.8) is 0 Å². The molecule has 3 rings (SSSR count). The number of benzene rings is 2. The molecule has 0 aliphatic carbocycles. The maximum absolute atomic E-state index is 12.3. The minimum Gasteiger partial charge on any atom is -0.350 e. The number of ketones is 1. The highest BCUT2D eigenvalue weighted by atomic mass is 35.5. The van der Waals surface area contributed by atoms with Crippen molar-refractivity contribution in [3.05, 3.63) is 82.9 Å². The van der Waals surface area contributed by atoms with E-state index in [-0.39, 0.29) is 18.0 Å². The Bertz CT molecular complexity index is 915. The number of hydroxylamine groups is 1. The molecule has 1 aliphatic rings. The summed E-state index contributed by atoms with van der Waals surface area (Å²) in [5.74, 6) is -0.0549.